The van der Waals surface area contributed by atoms with Gasteiger partial charge in [-0.1, -0.05) is 43.2 Å². The second-order valence-electron chi connectivity index (χ2n) is 8.56. The van der Waals surface area contributed by atoms with Crippen LogP contribution < -0.4 is 15.4 Å². The van der Waals surface area contributed by atoms with Gasteiger partial charge in [0.25, 0.3) is 0 Å². The van der Waals surface area contributed by atoms with Crippen LogP contribution in [-0.4, -0.2) is 38.9 Å². The summed E-state index contributed by atoms with van der Waals surface area (Å²) in [5.41, 5.74) is 0. The van der Waals surface area contributed by atoms with E-state index in [9.17, 15) is 23.3 Å². The standard InChI is InChI=1S/C23H26N4O4S/c24-14-19(12-18-9-10-25-22(18)28)26-23(29)21(11-15-5-6-15)27-32(30,31)20-8-7-16-3-1-2-4-17(16)13-20/h1-4,7-8,13,15,18-19,21,27H,5-6,9-12H2,(H,25,28)(H,26,29). The number of nitrogens with one attached hydrogen (secondary N) is 3. The van der Waals surface area contributed by atoms with Crippen molar-refractivity contribution in [3.8, 4) is 6.07 Å². The zero-order valence-corrected chi connectivity index (χ0v) is 18.4. The molecule has 9 heteroatoms. The summed E-state index contributed by atoms with van der Waals surface area (Å²) in [4.78, 5) is 24.9. The number of nitrogens with zero attached hydrogens (tertiary/aromatic N) is 1. The molecule has 2 fully saturated rings. The monoisotopic (exact) mass is 454 g/mol. The lowest BCUT2D eigenvalue weighted by Gasteiger charge is -2.21. The molecule has 0 radical (unpaired) electrons. The fourth-order valence-electron chi connectivity index (χ4n) is 4.06. The van der Waals surface area contributed by atoms with Gasteiger partial charge in [-0.2, -0.15) is 9.98 Å². The predicted octanol–water partition coefficient (Wildman–Crippen LogP) is 1.82. The molecule has 3 unspecified atom stereocenters. The molecule has 1 heterocycles. The molecular weight excluding hydrogens is 428 g/mol. The molecule has 2 aromatic rings. The maximum Gasteiger partial charge on any atom is 0.241 e. The van der Waals surface area contributed by atoms with Gasteiger partial charge in [-0.05, 0) is 48.1 Å². The number of carbonyl (C=O) groups excluding carboxylic acids is 2. The molecule has 1 saturated carbocycles. The van der Waals surface area contributed by atoms with Gasteiger partial charge in [0.2, 0.25) is 21.8 Å². The first-order valence-corrected chi connectivity index (χ1v) is 12.3. The Balaban J connectivity index is 1.48. The summed E-state index contributed by atoms with van der Waals surface area (Å²) >= 11 is 0. The lowest BCUT2D eigenvalue weighted by Crippen LogP contribution is -2.50. The largest absolute Gasteiger partial charge is 0.356 e. The number of amides is 2. The van der Waals surface area contributed by atoms with Gasteiger partial charge in [0, 0.05) is 12.5 Å². The Morgan fingerprint density at radius 3 is 2.53 bits per heavy atom. The van der Waals surface area contributed by atoms with E-state index in [0.29, 0.717) is 19.4 Å². The number of hydrogen-bond acceptors (Lipinski definition) is 5. The molecule has 1 aliphatic carbocycles. The highest BCUT2D eigenvalue weighted by molar-refractivity contribution is 7.89. The van der Waals surface area contributed by atoms with Crippen molar-refractivity contribution in [2.24, 2.45) is 11.8 Å². The predicted molar refractivity (Wildman–Crippen MR) is 119 cm³/mol. The third-order valence-corrected chi connectivity index (χ3v) is 7.54. The van der Waals surface area contributed by atoms with E-state index in [1.807, 2.05) is 30.3 Å². The van der Waals surface area contributed by atoms with E-state index >= 15 is 0 Å². The summed E-state index contributed by atoms with van der Waals surface area (Å²) < 4.78 is 28.7. The summed E-state index contributed by atoms with van der Waals surface area (Å²) in [6.07, 6.45) is 3.10. The van der Waals surface area contributed by atoms with Crippen molar-refractivity contribution in [1.82, 2.24) is 15.4 Å². The normalized spacial score (nSPS) is 20.3. The molecule has 2 amide bonds. The topological polar surface area (TPSA) is 128 Å². The maximum atomic E-state index is 13.1. The van der Waals surface area contributed by atoms with Crippen LogP contribution in [0.15, 0.2) is 47.4 Å². The average molecular weight is 455 g/mol. The smallest absolute Gasteiger partial charge is 0.241 e. The summed E-state index contributed by atoms with van der Waals surface area (Å²) in [5.74, 6) is -0.695. The van der Waals surface area contributed by atoms with Crippen molar-refractivity contribution in [2.75, 3.05) is 6.54 Å². The summed E-state index contributed by atoms with van der Waals surface area (Å²) in [5, 5.41) is 16.5. The average Bonchev–Trinajstić information content (AvgIpc) is 3.52. The van der Waals surface area contributed by atoms with Crippen LogP contribution in [0.3, 0.4) is 0 Å². The van der Waals surface area contributed by atoms with Crippen LogP contribution in [-0.2, 0) is 19.6 Å². The van der Waals surface area contributed by atoms with Gasteiger partial charge in [0.05, 0.1) is 11.0 Å². The highest BCUT2D eigenvalue weighted by Crippen LogP contribution is 2.34. The van der Waals surface area contributed by atoms with Crippen LogP contribution in [0.25, 0.3) is 10.8 Å². The van der Waals surface area contributed by atoms with E-state index in [0.717, 1.165) is 23.6 Å². The van der Waals surface area contributed by atoms with Crippen LogP contribution in [0.1, 0.15) is 32.1 Å². The molecular formula is C23H26N4O4S. The first kappa shape index (κ1) is 22.2. The van der Waals surface area contributed by atoms with Gasteiger partial charge in [0.15, 0.2) is 0 Å². The molecule has 4 rings (SSSR count). The third kappa shape index (κ3) is 5.26. The number of hydrogen-bond donors (Lipinski definition) is 3. The number of nitriles is 1. The van der Waals surface area contributed by atoms with E-state index in [-0.39, 0.29) is 29.1 Å². The van der Waals surface area contributed by atoms with Crippen LogP contribution in [0.2, 0.25) is 0 Å². The Bertz CT molecular complexity index is 1170. The highest BCUT2D eigenvalue weighted by Gasteiger charge is 2.34. The van der Waals surface area contributed by atoms with E-state index in [4.69, 9.17) is 0 Å². The van der Waals surface area contributed by atoms with Gasteiger partial charge >= 0.3 is 0 Å². The Morgan fingerprint density at radius 2 is 1.88 bits per heavy atom. The van der Waals surface area contributed by atoms with E-state index in [1.54, 1.807) is 12.1 Å². The molecule has 3 atom stereocenters. The number of carbonyl (C=O) groups is 2. The summed E-state index contributed by atoms with van der Waals surface area (Å²) in [6, 6.07) is 12.5. The second-order valence-corrected chi connectivity index (χ2v) is 10.3. The summed E-state index contributed by atoms with van der Waals surface area (Å²) in [6.45, 7) is 0.561. The first-order chi connectivity index (χ1) is 15.4. The van der Waals surface area contributed by atoms with Crippen LogP contribution in [0.4, 0.5) is 0 Å². The second kappa shape index (κ2) is 9.27. The van der Waals surface area contributed by atoms with Gasteiger partial charge in [-0.25, -0.2) is 8.42 Å². The molecule has 0 spiro atoms. The Hall–Kier alpha value is -2.96. The van der Waals surface area contributed by atoms with Gasteiger partial charge < -0.3 is 10.6 Å². The van der Waals surface area contributed by atoms with Crippen LogP contribution in [0.5, 0.6) is 0 Å². The lowest BCUT2D eigenvalue weighted by atomic mass is 9.98. The zero-order chi connectivity index (χ0) is 22.7. The van der Waals surface area contributed by atoms with Crippen LogP contribution >= 0.6 is 0 Å². The Morgan fingerprint density at radius 1 is 1.12 bits per heavy atom. The Kier molecular flexibility index (Phi) is 6.44. The highest BCUT2D eigenvalue weighted by atomic mass is 32.2. The molecule has 1 aliphatic heterocycles. The number of benzene rings is 2. The zero-order valence-electron chi connectivity index (χ0n) is 17.6. The number of rotatable bonds is 9. The van der Waals surface area contributed by atoms with Crippen molar-refractivity contribution in [1.29, 1.82) is 5.26 Å². The van der Waals surface area contributed by atoms with Gasteiger partial charge in [-0.15, -0.1) is 0 Å². The van der Waals surface area contributed by atoms with Crippen molar-refractivity contribution in [3.63, 3.8) is 0 Å². The fraction of sp³-hybridized carbons (Fsp3) is 0.435. The maximum absolute atomic E-state index is 13.1. The van der Waals surface area contributed by atoms with Crippen molar-refractivity contribution >= 4 is 32.6 Å². The first-order valence-electron chi connectivity index (χ1n) is 10.8. The van der Waals surface area contributed by atoms with Gasteiger partial charge in [-0.3, -0.25) is 9.59 Å². The van der Waals surface area contributed by atoms with E-state index in [1.165, 1.54) is 6.07 Å². The van der Waals surface area contributed by atoms with Crippen LogP contribution in [0, 0.1) is 23.2 Å². The molecule has 1 saturated heterocycles. The minimum Gasteiger partial charge on any atom is -0.356 e. The van der Waals surface area contributed by atoms with E-state index < -0.39 is 28.0 Å². The van der Waals surface area contributed by atoms with E-state index in [2.05, 4.69) is 15.4 Å². The minimum atomic E-state index is -3.95. The molecule has 2 aliphatic rings. The molecule has 0 aromatic heterocycles. The van der Waals surface area contributed by atoms with Gasteiger partial charge in [0.1, 0.15) is 12.1 Å². The number of fused-ring (bicyclic) bond motifs is 1. The third-order valence-electron chi connectivity index (χ3n) is 6.07. The molecule has 168 valence electrons. The van der Waals surface area contributed by atoms with Crippen molar-refractivity contribution in [3.05, 3.63) is 42.5 Å². The fourth-order valence-corrected chi connectivity index (χ4v) is 5.30. The molecule has 8 nitrogen and oxygen atoms in total. The SMILES string of the molecule is N#CC(CC1CCNC1=O)NC(=O)C(CC1CC1)NS(=O)(=O)c1ccc2ccccc2c1. The summed E-state index contributed by atoms with van der Waals surface area (Å²) in [7, 11) is -3.95. The quantitative estimate of drug-likeness (QED) is 0.532. The van der Waals surface area contributed by atoms with Crippen molar-refractivity contribution in [2.45, 2.75) is 49.1 Å². The van der Waals surface area contributed by atoms with Crippen molar-refractivity contribution < 1.29 is 18.0 Å². The molecule has 32 heavy (non-hydrogen) atoms. The minimum absolute atomic E-state index is 0.0873. The molecule has 0 bridgehead atoms. The Labute approximate surface area is 187 Å². The lowest BCUT2D eigenvalue weighted by molar-refractivity contribution is -0.125. The molecule has 2 aromatic carbocycles. The molecule has 3 N–H and O–H groups in total. The number of sulfonamides is 1.